The van der Waals surface area contributed by atoms with Gasteiger partial charge >= 0.3 is 0 Å². The standard InChI is InChI=1S/C24H30N6O2/c1-32-22-7-3-2-6-21(22)28-13-15-29(16-14-28)23(31)17-27-11-8-19(9-12-27)30-18-26-20-5-4-10-25-24(20)30/h2-7,10,18-19H,8-9,11-17H2,1H3. The Hall–Kier alpha value is -3.13. The fraction of sp³-hybridized carbons (Fsp3) is 0.458. The molecule has 0 atom stereocenters. The largest absolute Gasteiger partial charge is 0.495 e. The monoisotopic (exact) mass is 434 g/mol. The summed E-state index contributed by atoms with van der Waals surface area (Å²) in [5.74, 6) is 1.12. The third-order valence-corrected chi connectivity index (χ3v) is 6.70. The zero-order valence-electron chi connectivity index (χ0n) is 18.6. The van der Waals surface area contributed by atoms with Gasteiger partial charge in [-0.3, -0.25) is 9.69 Å². The molecule has 8 heteroatoms. The lowest BCUT2D eigenvalue weighted by atomic mass is 10.0. The number of nitrogens with zero attached hydrogens (tertiary/aromatic N) is 6. The van der Waals surface area contributed by atoms with Crippen LogP contribution in [-0.2, 0) is 4.79 Å². The summed E-state index contributed by atoms with van der Waals surface area (Å²) in [6.45, 7) is 5.50. The van der Waals surface area contributed by atoms with E-state index < -0.39 is 0 Å². The van der Waals surface area contributed by atoms with E-state index in [9.17, 15) is 4.79 Å². The molecule has 1 amide bonds. The summed E-state index contributed by atoms with van der Waals surface area (Å²) in [6.07, 6.45) is 5.75. The maximum atomic E-state index is 12.9. The van der Waals surface area contributed by atoms with Crippen molar-refractivity contribution in [2.45, 2.75) is 18.9 Å². The minimum Gasteiger partial charge on any atom is -0.495 e. The molecule has 32 heavy (non-hydrogen) atoms. The predicted octanol–water partition coefficient (Wildman–Crippen LogP) is 2.43. The van der Waals surface area contributed by atoms with Crippen molar-refractivity contribution >= 4 is 22.8 Å². The maximum absolute atomic E-state index is 12.9. The second-order valence-corrected chi connectivity index (χ2v) is 8.54. The average Bonchev–Trinajstić information content (AvgIpc) is 3.29. The van der Waals surface area contributed by atoms with Gasteiger partial charge in [-0.2, -0.15) is 0 Å². The van der Waals surface area contributed by atoms with Crippen molar-refractivity contribution in [1.82, 2.24) is 24.3 Å². The molecule has 1 aromatic carbocycles. The van der Waals surface area contributed by atoms with Crippen molar-refractivity contribution < 1.29 is 9.53 Å². The first-order valence-electron chi connectivity index (χ1n) is 11.4. The summed E-state index contributed by atoms with van der Waals surface area (Å²) in [7, 11) is 1.70. The molecule has 0 radical (unpaired) electrons. The number of rotatable bonds is 5. The molecular weight excluding hydrogens is 404 g/mol. The number of benzene rings is 1. The summed E-state index contributed by atoms with van der Waals surface area (Å²) in [6, 6.07) is 12.4. The second-order valence-electron chi connectivity index (χ2n) is 8.54. The van der Waals surface area contributed by atoms with Gasteiger partial charge in [0.25, 0.3) is 0 Å². The van der Waals surface area contributed by atoms with E-state index in [1.54, 1.807) is 7.11 Å². The number of fused-ring (bicyclic) bond motifs is 1. The Morgan fingerprint density at radius 1 is 1.00 bits per heavy atom. The number of anilines is 1. The van der Waals surface area contributed by atoms with Gasteiger partial charge in [0.2, 0.25) is 5.91 Å². The Morgan fingerprint density at radius 2 is 1.78 bits per heavy atom. The number of piperazine rings is 1. The topological polar surface area (TPSA) is 66.7 Å². The zero-order chi connectivity index (χ0) is 21.9. The van der Waals surface area contributed by atoms with Crippen LogP contribution in [0.1, 0.15) is 18.9 Å². The minimum atomic E-state index is 0.234. The van der Waals surface area contributed by atoms with Gasteiger partial charge in [0.05, 0.1) is 25.7 Å². The Balaban J connectivity index is 1.12. The third kappa shape index (κ3) is 4.14. The fourth-order valence-electron chi connectivity index (χ4n) is 4.87. The van der Waals surface area contributed by atoms with Gasteiger partial charge in [-0.15, -0.1) is 0 Å². The van der Waals surface area contributed by atoms with E-state index >= 15 is 0 Å². The van der Waals surface area contributed by atoms with Crippen LogP contribution in [0.25, 0.3) is 11.2 Å². The van der Waals surface area contributed by atoms with E-state index in [0.717, 1.165) is 74.7 Å². The number of para-hydroxylation sites is 2. The van der Waals surface area contributed by atoms with Gasteiger partial charge in [-0.1, -0.05) is 12.1 Å². The summed E-state index contributed by atoms with van der Waals surface area (Å²) >= 11 is 0. The zero-order valence-corrected chi connectivity index (χ0v) is 18.6. The molecule has 3 aromatic rings. The van der Waals surface area contributed by atoms with Crippen LogP contribution in [0, 0.1) is 0 Å². The number of methoxy groups -OCH3 is 1. The molecule has 2 aliphatic rings. The molecule has 0 bridgehead atoms. The number of carbonyl (C=O) groups is 1. The van der Waals surface area contributed by atoms with Gasteiger partial charge in [-0.25, -0.2) is 9.97 Å². The molecule has 2 aromatic heterocycles. The summed E-state index contributed by atoms with van der Waals surface area (Å²) in [4.78, 5) is 28.5. The van der Waals surface area contributed by atoms with Gasteiger partial charge < -0.3 is 19.1 Å². The number of imidazole rings is 1. The number of aromatic nitrogens is 3. The molecule has 0 aliphatic carbocycles. The van der Waals surface area contributed by atoms with Crippen molar-refractivity contribution in [3.63, 3.8) is 0 Å². The second kappa shape index (κ2) is 9.16. The van der Waals surface area contributed by atoms with Crippen LogP contribution in [0.15, 0.2) is 48.9 Å². The van der Waals surface area contributed by atoms with Crippen LogP contribution < -0.4 is 9.64 Å². The summed E-state index contributed by atoms with van der Waals surface area (Å²) < 4.78 is 7.69. The SMILES string of the molecule is COc1ccccc1N1CCN(C(=O)CN2CCC(n3cnc4cccnc43)CC2)CC1. The molecule has 0 saturated carbocycles. The number of piperidine rings is 1. The number of hydrogen-bond acceptors (Lipinski definition) is 6. The molecule has 0 spiro atoms. The van der Waals surface area contributed by atoms with E-state index in [0.29, 0.717) is 12.6 Å². The highest BCUT2D eigenvalue weighted by Gasteiger charge is 2.27. The van der Waals surface area contributed by atoms with Gasteiger partial charge in [0.15, 0.2) is 5.65 Å². The highest BCUT2D eigenvalue weighted by atomic mass is 16.5. The smallest absolute Gasteiger partial charge is 0.236 e. The Morgan fingerprint density at radius 3 is 2.56 bits per heavy atom. The van der Waals surface area contributed by atoms with E-state index in [-0.39, 0.29) is 5.91 Å². The quantitative estimate of drug-likeness (QED) is 0.615. The summed E-state index contributed by atoms with van der Waals surface area (Å²) in [5, 5.41) is 0. The lowest BCUT2D eigenvalue weighted by Crippen LogP contribution is -2.52. The predicted molar refractivity (Wildman–Crippen MR) is 124 cm³/mol. The van der Waals surface area contributed by atoms with Crippen LogP contribution in [0.2, 0.25) is 0 Å². The minimum absolute atomic E-state index is 0.234. The molecule has 8 nitrogen and oxygen atoms in total. The molecule has 2 saturated heterocycles. The number of ether oxygens (including phenoxy) is 1. The van der Waals surface area contributed by atoms with Crippen LogP contribution >= 0.6 is 0 Å². The van der Waals surface area contributed by atoms with E-state index in [4.69, 9.17) is 4.74 Å². The molecule has 5 rings (SSSR count). The van der Waals surface area contributed by atoms with Gasteiger partial charge in [0, 0.05) is 51.5 Å². The fourth-order valence-corrected chi connectivity index (χ4v) is 4.87. The van der Waals surface area contributed by atoms with Crippen LogP contribution in [0.3, 0.4) is 0 Å². The number of carbonyl (C=O) groups excluding carboxylic acids is 1. The van der Waals surface area contributed by atoms with Gasteiger partial charge in [0.1, 0.15) is 11.3 Å². The van der Waals surface area contributed by atoms with Crippen LogP contribution in [0.4, 0.5) is 5.69 Å². The summed E-state index contributed by atoms with van der Waals surface area (Å²) in [5.41, 5.74) is 3.00. The van der Waals surface area contributed by atoms with Crippen molar-refractivity contribution in [2.75, 3.05) is 57.8 Å². The Labute approximate surface area is 188 Å². The average molecular weight is 435 g/mol. The van der Waals surface area contributed by atoms with Crippen LogP contribution in [0.5, 0.6) is 5.75 Å². The lowest BCUT2D eigenvalue weighted by Gasteiger charge is -2.38. The van der Waals surface area contributed by atoms with Crippen molar-refractivity contribution in [3.05, 3.63) is 48.9 Å². The maximum Gasteiger partial charge on any atom is 0.236 e. The van der Waals surface area contributed by atoms with Crippen molar-refractivity contribution in [3.8, 4) is 5.75 Å². The molecule has 168 valence electrons. The van der Waals surface area contributed by atoms with Crippen LogP contribution in [-0.4, -0.2) is 83.2 Å². The number of amides is 1. The normalized spacial score (nSPS) is 18.3. The molecule has 0 unspecified atom stereocenters. The Kier molecular flexibility index (Phi) is 5.94. The van der Waals surface area contributed by atoms with Gasteiger partial charge in [-0.05, 0) is 37.1 Å². The van der Waals surface area contributed by atoms with E-state index in [2.05, 4.69) is 30.4 Å². The molecule has 2 aliphatic heterocycles. The highest BCUT2D eigenvalue weighted by Crippen LogP contribution is 2.29. The first kappa shape index (κ1) is 20.8. The third-order valence-electron chi connectivity index (χ3n) is 6.70. The molecule has 0 N–H and O–H groups in total. The van der Waals surface area contributed by atoms with Crippen molar-refractivity contribution in [1.29, 1.82) is 0 Å². The number of hydrogen-bond donors (Lipinski definition) is 0. The lowest BCUT2D eigenvalue weighted by molar-refractivity contribution is -0.133. The molecular formula is C24H30N6O2. The molecule has 4 heterocycles. The first-order chi connectivity index (χ1) is 15.7. The highest BCUT2D eigenvalue weighted by molar-refractivity contribution is 5.78. The Bertz CT molecular complexity index is 1070. The molecule has 2 fully saturated rings. The number of pyridine rings is 1. The first-order valence-corrected chi connectivity index (χ1v) is 11.4. The van der Waals surface area contributed by atoms with Crippen molar-refractivity contribution in [2.24, 2.45) is 0 Å². The van der Waals surface area contributed by atoms with E-state index in [1.165, 1.54) is 0 Å². The number of likely N-dealkylation sites (tertiary alicyclic amines) is 1. The van der Waals surface area contributed by atoms with E-state index in [1.807, 2.05) is 47.8 Å².